The van der Waals surface area contributed by atoms with Gasteiger partial charge in [-0.25, -0.2) is 0 Å². The number of fused-ring (bicyclic) bond motifs is 1. The lowest BCUT2D eigenvalue weighted by Gasteiger charge is -2.06. The van der Waals surface area contributed by atoms with Gasteiger partial charge in [-0.2, -0.15) is 8.78 Å². The molecule has 0 N–H and O–H groups in total. The molecule has 83 valence electrons. The van der Waals surface area contributed by atoms with Crippen molar-refractivity contribution in [3.63, 3.8) is 0 Å². The molecule has 0 spiro atoms. The van der Waals surface area contributed by atoms with Gasteiger partial charge in [-0.1, -0.05) is 30.3 Å². The number of hydrogen-bond donors (Lipinski definition) is 0. The number of benzene rings is 2. The maximum Gasteiger partial charge on any atom is 0.313 e. The van der Waals surface area contributed by atoms with E-state index in [1.165, 1.54) is 0 Å². The Labute approximate surface area is 92.7 Å². The van der Waals surface area contributed by atoms with Gasteiger partial charge < -0.3 is 4.74 Å². The fourth-order valence-electron chi connectivity index (χ4n) is 1.50. The van der Waals surface area contributed by atoms with E-state index in [0.717, 1.165) is 10.8 Å². The van der Waals surface area contributed by atoms with Crippen LogP contribution in [0, 0.1) is 6.43 Å². The number of rotatable bonds is 4. The molecule has 2 rings (SSSR count). The van der Waals surface area contributed by atoms with Gasteiger partial charge in [0.1, 0.15) is 5.75 Å². The highest BCUT2D eigenvalue weighted by molar-refractivity contribution is 5.83. The lowest BCUT2D eigenvalue weighted by molar-refractivity contribution is 0.219. The third-order valence-electron chi connectivity index (χ3n) is 2.28. The lowest BCUT2D eigenvalue weighted by Crippen LogP contribution is -1.98. The van der Waals surface area contributed by atoms with Crippen molar-refractivity contribution in [2.45, 2.75) is 6.42 Å². The third-order valence-corrected chi connectivity index (χ3v) is 2.28. The molecule has 2 aromatic rings. The summed E-state index contributed by atoms with van der Waals surface area (Å²) in [5.74, 6) is 0.625. The van der Waals surface area contributed by atoms with Crippen molar-refractivity contribution in [1.29, 1.82) is 0 Å². The van der Waals surface area contributed by atoms with Crippen molar-refractivity contribution in [1.82, 2.24) is 0 Å². The van der Waals surface area contributed by atoms with Crippen LogP contribution in [0.2, 0.25) is 0 Å². The van der Waals surface area contributed by atoms with Crippen LogP contribution in [0.25, 0.3) is 10.8 Å². The predicted molar refractivity (Wildman–Crippen MR) is 59.5 cm³/mol. The van der Waals surface area contributed by atoms with Crippen LogP contribution in [0.15, 0.2) is 42.5 Å². The van der Waals surface area contributed by atoms with E-state index in [-0.39, 0.29) is 13.0 Å². The monoisotopic (exact) mass is 221 g/mol. The fourth-order valence-corrected chi connectivity index (χ4v) is 1.50. The number of ether oxygens (including phenoxy) is 1. The summed E-state index contributed by atoms with van der Waals surface area (Å²) in [5, 5.41) is 2.16. The zero-order chi connectivity index (χ0) is 11.4. The van der Waals surface area contributed by atoms with Crippen LogP contribution in [0.4, 0.5) is 8.78 Å². The summed E-state index contributed by atoms with van der Waals surface area (Å²) in [6.07, 6.45) is -1.91. The molecule has 0 aliphatic rings. The van der Waals surface area contributed by atoms with Crippen LogP contribution >= 0.6 is 0 Å². The maximum absolute atomic E-state index is 11.8. The first kappa shape index (κ1) is 10.9. The summed E-state index contributed by atoms with van der Waals surface area (Å²) in [4.78, 5) is 0. The zero-order valence-electron chi connectivity index (χ0n) is 8.62. The summed E-state index contributed by atoms with van der Waals surface area (Å²) >= 11 is 0. The summed E-state index contributed by atoms with van der Waals surface area (Å²) in [6, 6.07) is 13.4. The second-order valence-electron chi connectivity index (χ2n) is 3.45. The Kier molecular flexibility index (Phi) is 3.34. The van der Waals surface area contributed by atoms with E-state index >= 15 is 0 Å². The van der Waals surface area contributed by atoms with Gasteiger partial charge in [-0.05, 0) is 22.9 Å². The van der Waals surface area contributed by atoms with Gasteiger partial charge in [0.15, 0.2) is 0 Å². The molecule has 0 bridgehead atoms. The van der Waals surface area contributed by atoms with Crippen molar-refractivity contribution in [3.05, 3.63) is 48.9 Å². The van der Waals surface area contributed by atoms with Gasteiger partial charge in [0, 0.05) is 0 Å². The van der Waals surface area contributed by atoms with Gasteiger partial charge in [0.2, 0.25) is 0 Å². The predicted octanol–water partition coefficient (Wildman–Crippen LogP) is 4.04. The van der Waals surface area contributed by atoms with E-state index in [2.05, 4.69) is 0 Å². The molecule has 3 heteroatoms. The van der Waals surface area contributed by atoms with Crippen LogP contribution in [-0.4, -0.2) is 6.61 Å². The minimum atomic E-state index is -1.60. The third kappa shape index (κ3) is 2.69. The van der Waals surface area contributed by atoms with E-state index in [1.807, 2.05) is 36.4 Å². The Hall–Kier alpha value is -1.64. The Morgan fingerprint density at radius 2 is 1.75 bits per heavy atom. The molecule has 0 aliphatic carbocycles. The van der Waals surface area contributed by atoms with E-state index in [1.54, 1.807) is 6.07 Å². The molecule has 1 radical (unpaired) electrons. The molecule has 1 nitrogen and oxygen atoms in total. The quantitative estimate of drug-likeness (QED) is 0.757. The highest BCUT2D eigenvalue weighted by Gasteiger charge is 2.05. The summed E-state index contributed by atoms with van der Waals surface area (Å²) in [5.41, 5.74) is 0. The normalized spacial score (nSPS) is 10.9. The topological polar surface area (TPSA) is 9.23 Å². The van der Waals surface area contributed by atoms with Crippen LogP contribution in [0.5, 0.6) is 5.75 Å². The second-order valence-corrected chi connectivity index (χ2v) is 3.45. The Balaban J connectivity index is 2.08. The van der Waals surface area contributed by atoms with Crippen molar-refractivity contribution in [2.75, 3.05) is 6.61 Å². The van der Waals surface area contributed by atoms with Crippen molar-refractivity contribution >= 4 is 10.8 Å². The first-order chi connectivity index (χ1) is 7.75. The zero-order valence-corrected chi connectivity index (χ0v) is 8.62. The van der Waals surface area contributed by atoms with E-state index in [4.69, 9.17) is 4.74 Å². The van der Waals surface area contributed by atoms with Crippen LogP contribution in [-0.2, 0) is 0 Å². The Morgan fingerprint density at radius 3 is 2.50 bits per heavy atom. The van der Waals surface area contributed by atoms with Gasteiger partial charge in [0.05, 0.1) is 13.0 Å². The van der Waals surface area contributed by atoms with Crippen LogP contribution < -0.4 is 4.74 Å². The molecule has 0 unspecified atom stereocenters. The smallest absolute Gasteiger partial charge is 0.313 e. The number of halogens is 2. The van der Waals surface area contributed by atoms with Gasteiger partial charge in [0.25, 0.3) is 0 Å². The summed E-state index contributed by atoms with van der Waals surface area (Å²) in [7, 11) is 0. The molecule has 0 amide bonds. The van der Waals surface area contributed by atoms with Crippen molar-refractivity contribution < 1.29 is 13.5 Å². The van der Waals surface area contributed by atoms with Crippen LogP contribution in [0.3, 0.4) is 0 Å². The van der Waals surface area contributed by atoms with E-state index in [9.17, 15) is 8.78 Å². The SMILES string of the molecule is F[C](F)CCOc1ccc2ccccc2c1. The van der Waals surface area contributed by atoms with E-state index < -0.39 is 6.43 Å². The van der Waals surface area contributed by atoms with Gasteiger partial charge in [-0.3, -0.25) is 0 Å². The molecule has 0 aromatic heterocycles. The van der Waals surface area contributed by atoms with Crippen LogP contribution in [0.1, 0.15) is 6.42 Å². The average molecular weight is 221 g/mol. The molecule has 2 aromatic carbocycles. The standard InChI is InChI=1S/C13H11F2O/c14-13(15)7-8-16-12-6-5-10-3-1-2-4-11(10)9-12/h1-6,9H,7-8H2. The lowest BCUT2D eigenvalue weighted by atomic mass is 10.1. The first-order valence-electron chi connectivity index (χ1n) is 5.04. The van der Waals surface area contributed by atoms with Crippen molar-refractivity contribution in [2.24, 2.45) is 0 Å². The number of hydrogen-bond acceptors (Lipinski definition) is 1. The minimum Gasteiger partial charge on any atom is -0.493 e. The molecule has 0 fully saturated rings. The average Bonchev–Trinajstić information content (AvgIpc) is 2.28. The molecule has 0 atom stereocenters. The van der Waals surface area contributed by atoms with E-state index in [0.29, 0.717) is 5.75 Å². The molecule has 16 heavy (non-hydrogen) atoms. The summed E-state index contributed by atoms with van der Waals surface area (Å²) < 4.78 is 28.9. The molecule has 0 saturated carbocycles. The summed E-state index contributed by atoms with van der Waals surface area (Å²) in [6.45, 7) is 0.0146. The Bertz CT molecular complexity index is 468. The first-order valence-corrected chi connectivity index (χ1v) is 5.04. The molecule has 0 aliphatic heterocycles. The fraction of sp³-hybridized carbons (Fsp3) is 0.154. The Morgan fingerprint density at radius 1 is 1.00 bits per heavy atom. The molecular formula is C13H11F2O. The highest BCUT2D eigenvalue weighted by atomic mass is 19.3. The molecule has 0 heterocycles. The largest absolute Gasteiger partial charge is 0.493 e. The molecular weight excluding hydrogens is 210 g/mol. The minimum absolute atomic E-state index is 0.0146. The maximum atomic E-state index is 11.8. The van der Waals surface area contributed by atoms with Crippen molar-refractivity contribution in [3.8, 4) is 5.75 Å². The highest BCUT2D eigenvalue weighted by Crippen LogP contribution is 2.21. The van der Waals surface area contributed by atoms with Gasteiger partial charge >= 0.3 is 6.43 Å². The van der Waals surface area contributed by atoms with Gasteiger partial charge in [-0.15, -0.1) is 0 Å². The molecule has 0 saturated heterocycles. The second kappa shape index (κ2) is 4.92.